The van der Waals surface area contributed by atoms with Crippen LogP contribution >= 0.6 is 0 Å². The molecule has 0 radical (unpaired) electrons. The van der Waals surface area contributed by atoms with E-state index in [4.69, 9.17) is 0 Å². The summed E-state index contributed by atoms with van der Waals surface area (Å²) in [6.45, 7) is 2.07. The van der Waals surface area contributed by atoms with Gasteiger partial charge < -0.3 is 4.74 Å². The second kappa shape index (κ2) is 9.02. The molecule has 0 spiro atoms. The highest BCUT2D eigenvalue weighted by atomic mass is 19.4. The number of hydrogen-bond donors (Lipinski definition) is 0. The van der Waals surface area contributed by atoms with Crippen molar-refractivity contribution in [1.82, 2.24) is 9.97 Å². The average molecular weight is 420 g/mol. The van der Waals surface area contributed by atoms with Gasteiger partial charge in [0.15, 0.2) is 23.2 Å². The summed E-state index contributed by atoms with van der Waals surface area (Å²) in [5.41, 5.74) is 2.50. The van der Waals surface area contributed by atoms with E-state index in [2.05, 4.69) is 21.6 Å². The first-order valence-electron chi connectivity index (χ1n) is 9.08. The van der Waals surface area contributed by atoms with Crippen molar-refractivity contribution in [3.05, 3.63) is 78.3 Å². The molecule has 0 aliphatic rings. The van der Waals surface area contributed by atoms with Crippen molar-refractivity contribution >= 4 is 0 Å². The van der Waals surface area contributed by atoms with E-state index in [0.717, 1.165) is 36.1 Å². The van der Waals surface area contributed by atoms with E-state index in [0.29, 0.717) is 11.4 Å². The molecule has 8 heteroatoms. The van der Waals surface area contributed by atoms with Crippen molar-refractivity contribution in [1.29, 1.82) is 0 Å². The number of aromatic nitrogens is 2. The van der Waals surface area contributed by atoms with Crippen LogP contribution in [0.2, 0.25) is 0 Å². The lowest BCUT2D eigenvalue weighted by molar-refractivity contribution is -0.0809. The third-order valence-electron chi connectivity index (χ3n) is 4.16. The van der Waals surface area contributed by atoms with E-state index in [-0.39, 0.29) is 17.9 Å². The quantitative estimate of drug-likeness (QED) is 0.337. The van der Waals surface area contributed by atoms with Crippen LogP contribution in [0.4, 0.5) is 22.0 Å². The Hall–Kier alpha value is -3.29. The molecule has 0 atom stereocenters. The van der Waals surface area contributed by atoms with Gasteiger partial charge in [-0.2, -0.15) is 13.2 Å². The molecule has 0 aliphatic heterocycles. The molecule has 30 heavy (non-hydrogen) atoms. The number of benzene rings is 2. The smallest absolute Gasteiger partial charge is 0.412 e. The Morgan fingerprint density at radius 2 is 1.47 bits per heavy atom. The molecule has 0 saturated heterocycles. The van der Waals surface area contributed by atoms with Crippen LogP contribution in [0.25, 0.3) is 22.5 Å². The Balaban J connectivity index is 1.80. The number of allylic oxidation sites excluding steroid dienone is 1. The molecule has 0 saturated carbocycles. The highest BCUT2D eigenvalue weighted by Gasteiger charge is 2.23. The van der Waals surface area contributed by atoms with Gasteiger partial charge >= 0.3 is 6.18 Å². The van der Waals surface area contributed by atoms with E-state index in [1.165, 1.54) is 0 Å². The summed E-state index contributed by atoms with van der Waals surface area (Å²) < 4.78 is 69.1. The summed E-state index contributed by atoms with van der Waals surface area (Å²) in [6.07, 6.45) is 0.702. The molecule has 2 aromatic carbocycles. The van der Waals surface area contributed by atoms with E-state index in [9.17, 15) is 22.0 Å². The predicted octanol–water partition coefficient (Wildman–Crippen LogP) is 6.50. The summed E-state index contributed by atoms with van der Waals surface area (Å²) in [4.78, 5) is 8.64. The van der Waals surface area contributed by atoms with Crippen LogP contribution in [0.5, 0.6) is 5.75 Å². The molecule has 1 heterocycles. The Bertz CT molecular complexity index is 1010. The van der Waals surface area contributed by atoms with Crippen LogP contribution in [-0.4, -0.2) is 16.1 Å². The van der Waals surface area contributed by atoms with Crippen LogP contribution in [0.15, 0.2) is 61.1 Å². The fourth-order valence-electron chi connectivity index (χ4n) is 2.75. The number of rotatable bonds is 6. The number of hydrogen-bond acceptors (Lipinski definition) is 3. The van der Waals surface area contributed by atoms with Crippen molar-refractivity contribution in [2.45, 2.75) is 25.9 Å². The first kappa shape index (κ1) is 21.4. The molecule has 0 bridgehead atoms. The second-order valence-corrected chi connectivity index (χ2v) is 6.47. The van der Waals surface area contributed by atoms with Crippen LogP contribution in [0.3, 0.4) is 0 Å². The predicted molar refractivity (Wildman–Crippen MR) is 103 cm³/mol. The zero-order valence-corrected chi connectivity index (χ0v) is 15.9. The molecule has 0 N–H and O–H groups in total. The zero-order valence-electron chi connectivity index (χ0n) is 15.9. The topological polar surface area (TPSA) is 35.0 Å². The number of ether oxygens (including phenoxy) is 1. The lowest BCUT2D eigenvalue weighted by atomic mass is 10.0. The van der Waals surface area contributed by atoms with Gasteiger partial charge in [-0.25, -0.2) is 18.7 Å². The summed E-state index contributed by atoms with van der Waals surface area (Å²) in [5, 5.41) is 0. The molecule has 0 aliphatic carbocycles. The normalized spacial score (nSPS) is 11.8. The summed E-state index contributed by atoms with van der Waals surface area (Å²) in [6, 6.07) is 8.72. The van der Waals surface area contributed by atoms with Crippen molar-refractivity contribution in [3.8, 4) is 28.3 Å². The molecule has 156 valence electrons. The highest BCUT2D eigenvalue weighted by molar-refractivity contribution is 5.68. The second-order valence-electron chi connectivity index (χ2n) is 6.47. The molecule has 0 fully saturated rings. The minimum Gasteiger partial charge on any atom is -0.459 e. The molecule has 3 aromatic rings. The maximum atomic E-state index is 14.2. The summed E-state index contributed by atoms with van der Waals surface area (Å²) in [7, 11) is 0. The maximum absolute atomic E-state index is 14.2. The highest BCUT2D eigenvalue weighted by Crippen LogP contribution is 2.30. The maximum Gasteiger partial charge on any atom is 0.412 e. The van der Waals surface area contributed by atoms with Gasteiger partial charge in [-0.15, -0.1) is 0 Å². The minimum atomic E-state index is -4.64. The van der Waals surface area contributed by atoms with E-state index in [1.807, 2.05) is 0 Å². The fraction of sp³-hybridized carbons (Fsp3) is 0.182. The van der Waals surface area contributed by atoms with E-state index in [1.54, 1.807) is 36.7 Å². The molecule has 3 nitrogen and oxygen atoms in total. The first-order valence-corrected chi connectivity index (χ1v) is 9.08. The van der Waals surface area contributed by atoms with Gasteiger partial charge in [0, 0.05) is 18.0 Å². The van der Waals surface area contributed by atoms with Crippen LogP contribution in [0.1, 0.15) is 18.9 Å². The van der Waals surface area contributed by atoms with Crippen LogP contribution in [-0.2, 0) is 6.42 Å². The lowest BCUT2D eigenvalue weighted by Crippen LogP contribution is -2.02. The van der Waals surface area contributed by atoms with Crippen molar-refractivity contribution < 1.29 is 26.7 Å². The molecular weight excluding hydrogens is 403 g/mol. The average Bonchev–Trinajstić information content (AvgIpc) is 2.70. The minimum absolute atomic E-state index is 0.196. The molecule has 0 unspecified atom stereocenters. The van der Waals surface area contributed by atoms with Gasteiger partial charge in [0.1, 0.15) is 0 Å². The number of halogens is 5. The van der Waals surface area contributed by atoms with Crippen molar-refractivity contribution in [2.24, 2.45) is 0 Å². The lowest BCUT2D eigenvalue weighted by Gasteiger charge is -2.09. The number of nitrogens with zero attached hydrogens (tertiary/aromatic N) is 2. The third-order valence-corrected chi connectivity index (χ3v) is 4.16. The van der Waals surface area contributed by atoms with Gasteiger partial charge in [0.05, 0.1) is 12.3 Å². The summed E-state index contributed by atoms with van der Waals surface area (Å²) >= 11 is 0. The zero-order chi connectivity index (χ0) is 21.7. The fourth-order valence-corrected chi connectivity index (χ4v) is 2.75. The molecule has 3 rings (SSSR count). The molecular formula is C22H17F5N2O. The van der Waals surface area contributed by atoms with Gasteiger partial charge in [-0.05, 0) is 35.2 Å². The largest absolute Gasteiger partial charge is 0.459 e. The standard InChI is InChI=1S/C22H17F5N2O/c1-2-3-14-12-28-21(29-13-14)16-6-4-15(5-7-16)17-10-18(23)20(19(24)11-17)30-9-8-22(25,26)27/h4-13H,2-3H2,1H3. The molecule has 1 aromatic heterocycles. The van der Waals surface area contributed by atoms with Gasteiger partial charge in [0.2, 0.25) is 0 Å². The van der Waals surface area contributed by atoms with Crippen molar-refractivity contribution in [2.75, 3.05) is 0 Å². The Labute approximate surface area is 169 Å². The van der Waals surface area contributed by atoms with Crippen LogP contribution < -0.4 is 4.74 Å². The number of alkyl halides is 3. The Morgan fingerprint density at radius 1 is 0.900 bits per heavy atom. The number of aryl methyl sites for hydroxylation is 1. The Kier molecular flexibility index (Phi) is 6.44. The van der Waals surface area contributed by atoms with Gasteiger partial charge in [-0.1, -0.05) is 37.6 Å². The SMILES string of the molecule is CCCc1cnc(-c2ccc(-c3cc(F)c(OC=CC(F)(F)F)c(F)c3)cc2)nc1. The third kappa shape index (κ3) is 5.40. The monoisotopic (exact) mass is 420 g/mol. The van der Waals surface area contributed by atoms with Gasteiger partial charge in [-0.3, -0.25) is 0 Å². The van der Waals surface area contributed by atoms with Crippen LogP contribution in [0, 0.1) is 11.6 Å². The van der Waals surface area contributed by atoms with E-state index >= 15 is 0 Å². The molecule has 0 amide bonds. The van der Waals surface area contributed by atoms with Gasteiger partial charge in [0.25, 0.3) is 0 Å². The Morgan fingerprint density at radius 3 is 2.00 bits per heavy atom. The van der Waals surface area contributed by atoms with Crippen molar-refractivity contribution in [3.63, 3.8) is 0 Å². The summed E-state index contributed by atoms with van der Waals surface area (Å²) in [5.74, 6) is -2.61. The first-order chi connectivity index (χ1) is 14.3. The van der Waals surface area contributed by atoms with E-state index < -0.39 is 23.6 Å².